The highest BCUT2D eigenvalue weighted by Gasteiger charge is 2.39. The normalized spacial score (nSPS) is 25.1. The molecule has 2 atom stereocenters. The lowest BCUT2D eigenvalue weighted by Gasteiger charge is -2.36. The maximum atomic E-state index is 12.7. The van der Waals surface area contributed by atoms with Crippen LogP contribution in [0.4, 0.5) is 10.5 Å². The van der Waals surface area contributed by atoms with E-state index >= 15 is 0 Å². The van der Waals surface area contributed by atoms with Crippen LogP contribution in [0.5, 0.6) is 0 Å². The van der Waals surface area contributed by atoms with Gasteiger partial charge in [-0.2, -0.15) is 0 Å². The van der Waals surface area contributed by atoms with Gasteiger partial charge >= 0.3 is 6.03 Å². The molecule has 0 aliphatic carbocycles. The van der Waals surface area contributed by atoms with Crippen LogP contribution in [0.2, 0.25) is 0 Å². The average molecular weight is 319 g/mol. The molecule has 120 valence electrons. The molecule has 5 heteroatoms. The number of hydrogen-bond donors (Lipinski definition) is 1. The van der Waals surface area contributed by atoms with Crippen LogP contribution in [0.3, 0.4) is 0 Å². The lowest BCUT2D eigenvalue weighted by molar-refractivity contribution is 0.137. The topological polar surface area (TPSA) is 35.6 Å². The van der Waals surface area contributed by atoms with Gasteiger partial charge in [-0.15, -0.1) is 11.8 Å². The summed E-state index contributed by atoms with van der Waals surface area (Å²) in [6, 6.07) is 6.53. The van der Waals surface area contributed by atoms with Crippen LogP contribution in [-0.2, 0) is 0 Å². The number of piperidine rings is 1. The second kappa shape index (κ2) is 6.50. The smallest absolute Gasteiger partial charge is 0.320 e. The van der Waals surface area contributed by atoms with Crippen LogP contribution in [0.1, 0.15) is 18.4 Å². The van der Waals surface area contributed by atoms with Crippen molar-refractivity contribution < 1.29 is 4.79 Å². The monoisotopic (exact) mass is 319 g/mol. The molecule has 2 amide bonds. The van der Waals surface area contributed by atoms with Crippen molar-refractivity contribution in [3.05, 3.63) is 23.8 Å². The summed E-state index contributed by atoms with van der Waals surface area (Å²) in [7, 11) is 2.15. The fraction of sp³-hybridized carbons (Fsp3) is 0.588. The van der Waals surface area contributed by atoms with Gasteiger partial charge in [0.25, 0.3) is 0 Å². The number of nitrogens with zero attached hydrogens (tertiary/aromatic N) is 2. The van der Waals surface area contributed by atoms with Crippen molar-refractivity contribution in [1.29, 1.82) is 0 Å². The standard InChI is InChI=1S/C17H25N3OS/c1-12-14(5-4-6-16(12)22-3)18-17(21)20-10-8-13-7-9-19(2)11-15(13)20/h4-6,13,15H,7-11H2,1-3H3,(H,18,21). The highest BCUT2D eigenvalue weighted by molar-refractivity contribution is 7.98. The molecule has 4 nitrogen and oxygen atoms in total. The van der Waals surface area contributed by atoms with Gasteiger partial charge in [-0.1, -0.05) is 6.07 Å². The Balaban J connectivity index is 1.72. The molecule has 3 rings (SSSR count). The Labute approximate surface area is 137 Å². The van der Waals surface area contributed by atoms with Crippen LogP contribution in [-0.4, -0.2) is 54.8 Å². The van der Waals surface area contributed by atoms with Gasteiger partial charge in [0.05, 0.1) is 0 Å². The molecular weight excluding hydrogens is 294 g/mol. The Hall–Kier alpha value is -1.20. The number of nitrogens with one attached hydrogen (secondary N) is 1. The molecule has 0 aromatic heterocycles. The second-order valence-corrected chi connectivity index (χ2v) is 7.27. The molecule has 0 bridgehead atoms. The number of carbonyl (C=O) groups excluding carboxylic acids is 1. The van der Waals surface area contributed by atoms with E-state index < -0.39 is 0 Å². The highest BCUT2D eigenvalue weighted by Crippen LogP contribution is 2.32. The van der Waals surface area contributed by atoms with Crippen molar-refractivity contribution in [2.45, 2.75) is 30.7 Å². The minimum Gasteiger partial charge on any atom is -0.320 e. The third kappa shape index (κ3) is 2.97. The van der Waals surface area contributed by atoms with E-state index in [1.54, 1.807) is 11.8 Å². The fourth-order valence-electron chi connectivity index (χ4n) is 3.71. The number of benzene rings is 1. The summed E-state index contributed by atoms with van der Waals surface area (Å²) in [6.45, 7) is 5.12. The predicted octanol–water partition coefficient (Wildman–Crippen LogP) is 3.27. The van der Waals surface area contributed by atoms with Crippen LogP contribution < -0.4 is 5.32 Å². The van der Waals surface area contributed by atoms with E-state index in [4.69, 9.17) is 0 Å². The van der Waals surface area contributed by atoms with Gasteiger partial charge in [0.2, 0.25) is 0 Å². The summed E-state index contributed by atoms with van der Waals surface area (Å²) >= 11 is 1.72. The minimum atomic E-state index is 0.0594. The molecule has 0 saturated carbocycles. The maximum Gasteiger partial charge on any atom is 0.322 e. The number of urea groups is 1. The number of thioether (sulfide) groups is 1. The molecule has 2 unspecified atom stereocenters. The third-order valence-corrected chi connectivity index (χ3v) is 5.95. The van der Waals surface area contributed by atoms with Crippen LogP contribution in [0, 0.1) is 12.8 Å². The molecule has 2 aliphatic rings. The zero-order valence-corrected chi connectivity index (χ0v) is 14.4. The first-order chi connectivity index (χ1) is 10.6. The average Bonchev–Trinajstić information content (AvgIpc) is 2.92. The second-order valence-electron chi connectivity index (χ2n) is 6.42. The van der Waals surface area contributed by atoms with Crippen LogP contribution in [0.15, 0.2) is 23.1 Å². The van der Waals surface area contributed by atoms with Gasteiger partial charge in [-0.05, 0) is 63.2 Å². The quantitative estimate of drug-likeness (QED) is 0.850. The summed E-state index contributed by atoms with van der Waals surface area (Å²) in [6.07, 6.45) is 4.43. The first-order valence-electron chi connectivity index (χ1n) is 8.00. The Bertz CT molecular complexity index is 563. The number of anilines is 1. The van der Waals surface area contributed by atoms with Crippen molar-refractivity contribution in [2.75, 3.05) is 38.3 Å². The largest absolute Gasteiger partial charge is 0.322 e. The molecule has 2 heterocycles. The van der Waals surface area contributed by atoms with Crippen LogP contribution >= 0.6 is 11.8 Å². The number of hydrogen-bond acceptors (Lipinski definition) is 3. The number of rotatable bonds is 2. The minimum absolute atomic E-state index is 0.0594. The molecule has 0 spiro atoms. The van der Waals surface area contributed by atoms with Crippen molar-refractivity contribution in [3.8, 4) is 0 Å². The number of likely N-dealkylation sites (N-methyl/N-ethyl adjacent to an activating group) is 1. The lowest BCUT2D eigenvalue weighted by Crippen LogP contribution is -2.49. The highest BCUT2D eigenvalue weighted by atomic mass is 32.2. The molecule has 1 aromatic rings. The van der Waals surface area contributed by atoms with E-state index in [2.05, 4.69) is 36.5 Å². The molecule has 2 fully saturated rings. The Morgan fingerprint density at radius 1 is 1.32 bits per heavy atom. The summed E-state index contributed by atoms with van der Waals surface area (Å²) in [5.41, 5.74) is 2.09. The lowest BCUT2D eigenvalue weighted by atomic mass is 9.92. The number of likely N-dealkylation sites (tertiary alicyclic amines) is 2. The molecule has 2 saturated heterocycles. The zero-order chi connectivity index (χ0) is 15.7. The molecule has 2 aliphatic heterocycles. The number of fused-ring (bicyclic) bond motifs is 1. The molecule has 0 radical (unpaired) electrons. The zero-order valence-electron chi connectivity index (χ0n) is 13.6. The van der Waals surface area contributed by atoms with E-state index in [-0.39, 0.29) is 6.03 Å². The van der Waals surface area contributed by atoms with E-state index in [0.29, 0.717) is 12.0 Å². The van der Waals surface area contributed by atoms with Crippen molar-refractivity contribution in [2.24, 2.45) is 5.92 Å². The summed E-state index contributed by atoms with van der Waals surface area (Å²) in [5, 5.41) is 3.13. The Kier molecular flexibility index (Phi) is 4.64. The molecular formula is C17H25N3OS. The molecule has 1 aromatic carbocycles. The fourth-order valence-corrected chi connectivity index (χ4v) is 4.34. The molecule has 22 heavy (non-hydrogen) atoms. The van der Waals surface area contributed by atoms with Gasteiger partial charge in [-0.3, -0.25) is 0 Å². The van der Waals surface area contributed by atoms with Gasteiger partial charge in [-0.25, -0.2) is 4.79 Å². The number of amides is 2. The van der Waals surface area contributed by atoms with E-state index in [1.807, 2.05) is 17.0 Å². The van der Waals surface area contributed by atoms with Gasteiger partial charge in [0.1, 0.15) is 0 Å². The van der Waals surface area contributed by atoms with E-state index in [9.17, 15) is 4.79 Å². The van der Waals surface area contributed by atoms with Gasteiger partial charge in [0, 0.05) is 29.7 Å². The molecule has 1 N–H and O–H groups in total. The summed E-state index contributed by atoms with van der Waals surface area (Å²) in [4.78, 5) is 18.3. The predicted molar refractivity (Wildman–Crippen MR) is 92.7 cm³/mol. The third-order valence-electron chi connectivity index (χ3n) is 5.07. The summed E-state index contributed by atoms with van der Waals surface area (Å²) < 4.78 is 0. The Morgan fingerprint density at radius 3 is 2.86 bits per heavy atom. The van der Waals surface area contributed by atoms with Crippen molar-refractivity contribution in [1.82, 2.24) is 9.80 Å². The number of carbonyl (C=O) groups is 1. The van der Waals surface area contributed by atoms with E-state index in [1.165, 1.54) is 11.3 Å². The van der Waals surface area contributed by atoms with Crippen LogP contribution in [0.25, 0.3) is 0 Å². The van der Waals surface area contributed by atoms with Crippen molar-refractivity contribution in [3.63, 3.8) is 0 Å². The van der Waals surface area contributed by atoms with Crippen molar-refractivity contribution >= 4 is 23.5 Å². The first kappa shape index (κ1) is 15.7. The van der Waals surface area contributed by atoms with Gasteiger partial charge < -0.3 is 15.1 Å². The first-order valence-corrected chi connectivity index (χ1v) is 9.22. The van der Waals surface area contributed by atoms with E-state index in [0.717, 1.165) is 37.3 Å². The maximum absolute atomic E-state index is 12.7. The Morgan fingerprint density at radius 2 is 2.09 bits per heavy atom. The SMILES string of the molecule is CSc1cccc(NC(=O)N2CCC3CCN(C)CC32)c1C. The van der Waals surface area contributed by atoms with Gasteiger partial charge in [0.15, 0.2) is 0 Å². The summed E-state index contributed by atoms with van der Waals surface area (Å²) in [5.74, 6) is 0.681.